The monoisotopic (exact) mass is 314 g/mol. The van der Waals surface area contributed by atoms with Crippen molar-refractivity contribution in [2.75, 3.05) is 11.9 Å². The van der Waals surface area contributed by atoms with Crippen LogP contribution in [0.2, 0.25) is 0 Å². The molecule has 0 bridgehead atoms. The fraction of sp³-hybridized carbons (Fsp3) is 0.222. The maximum atomic E-state index is 13.5. The largest absolute Gasteiger partial charge is 0.352 e. The summed E-state index contributed by atoms with van der Waals surface area (Å²) in [5.74, 6) is -0.902. The Bertz CT molecular complexity index is 687. The summed E-state index contributed by atoms with van der Waals surface area (Å²) in [6, 6.07) is 13.4. The zero-order valence-electron chi connectivity index (χ0n) is 12.9. The zero-order chi connectivity index (χ0) is 16.7. The van der Waals surface area contributed by atoms with Crippen molar-refractivity contribution in [3.63, 3.8) is 0 Å². The molecular formula is C18H19FN2O2. The van der Waals surface area contributed by atoms with E-state index in [1.807, 2.05) is 13.0 Å². The Morgan fingerprint density at radius 3 is 2.57 bits per heavy atom. The second kappa shape index (κ2) is 8.08. The first-order chi connectivity index (χ1) is 11.1. The van der Waals surface area contributed by atoms with Crippen molar-refractivity contribution >= 4 is 17.5 Å². The first-order valence-corrected chi connectivity index (χ1v) is 7.45. The molecule has 0 radical (unpaired) electrons. The van der Waals surface area contributed by atoms with Gasteiger partial charge in [-0.1, -0.05) is 24.3 Å². The third-order valence-corrected chi connectivity index (χ3v) is 3.30. The number of nitrogens with one attached hydrogen (secondary N) is 2. The summed E-state index contributed by atoms with van der Waals surface area (Å²) in [5, 5.41) is 5.29. The van der Waals surface area contributed by atoms with E-state index in [1.54, 1.807) is 36.4 Å². The molecule has 0 atom stereocenters. The van der Waals surface area contributed by atoms with E-state index in [0.29, 0.717) is 18.5 Å². The van der Waals surface area contributed by atoms with Crippen LogP contribution in [0.15, 0.2) is 48.5 Å². The molecule has 0 fully saturated rings. The summed E-state index contributed by atoms with van der Waals surface area (Å²) in [5.41, 5.74) is 1.64. The van der Waals surface area contributed by atoms with Gasteiger partial charge in [0.25, 0.3) is 5.91 Å². The van der Waals surface area contributed by atoms with Crippen molar-refractivity contribution in [2.24, 2.45) is 0 Å². The van der Waals surface area contributed by atoms with Crippen LogP contribution < -0.4 is 10.6 Å². The van der Waals surface area contributed by atoms with Crippen LogP contribution in [0.25, 0.3) is 0 Å². The second-order valence-corrected chi connectivity index (χ2v) is 5.26. The maximum absolute atomic E-state index is 13.5. The van der Waals surface area contributed by atoms with Crippen LogP contribution >= 0.6 is 0 Å². The Morgan fingerprint density at radius 1 is 1.09 bits per heavy atom. The van der Waals surface area contributed by atoms with Crippen LogP contribution in [0, 0.1) is 12.7 Å². The third kappa shape index (κ3) is 5.21. The highest BCUT2D eigenvalue weighted by Crippen LogP contribution is 2.15. The number of aryl methyl sites for hydroxylation is 1. The molecule has 0 aliphatic rings. The smallest absolute Gasteiger partial charge is 0.251 e. The highest BCUT2D eigenvalue weighted by molar-refractivity contribution is 5.94. The molecule has 23 heavy (non-hydrogen) atoms. The van der Waals surface area contributed by atoms with Gasteiger partial charge in [-0.15, -0.1) is 0 Å². The minimum atomic E-state index is -0.457. The van der Waals surface area contributed by atoms with Crippen LogP contribution in [0.3, 0.4) is 0 Å². The van der Waals surface area contributed by atoms with Gasteiger partial charge in [0, 0.05) is 18.5 Å². The molecule has 0 aliphatic carbocycles. The number of benzene rings is 2. The SMILES string of the molecule is Cc1ccc(F)c(NC(=O)CCCNC(=O)c2ccccc2)c1. The van der Waals surface area contributed by atoms with Gasteiger partial charge in [-0.05, 0) is 43.2 Å². The molecule has 5 heteroatoms. The molecule has 2 amide bonds. The molecule has 0 spiro atoms. The first-order valence-electron chi connectivity index (χ1n) is 7.45. The fourth-order valence-electron chi connectivity index (χ4n) is 2.09. The highest BCUT2D eigenvalue weighted by atomic mass is 19.1. The lowest BCUT2D eigenvalue weighted by Crippen LogP contribution is -2.25. The van der Waals surface area contributed by atoms with Crippen molar-refractivity contribution < 1.29 is 14.0 Å². The quantitative estimate of drug-likeness (QED) is 0.804. The van der Waals surface area contributed by atoms with Crippen LogP contribution in [0.1, 0.15) is 28.8 Å². The average molecular weight is 314 g/mol. The molecule has 0 saturated heterocycles. The summed E-state index contributed by atoms with van der Waals surface area (Å²) >= 11 is 0. The Hall–Kier alpha value is -2.69. The van der Waals surface area contributed by atoms with Gasteiger partial charge in [-0.2, -0.15) is 0 Å². The van der Waals surface area contributed by atoms with Crippen LogP contribution in [0.5, 0.6) is 0 Å². The molecule has 4 nitrogen and oxygen atoms in total. The van der Waals surface area contributed by atoms with Crippen molar-refractivity contribution in [2.45, 2.75) is 19.8 Å². The molecule has 0 saturated carbocycles. The van der Waals surface area contributed by atoms with Crippen LogP contribution in [-0.2, 0) is 4.79 Å². The number of anilines is 1. The molecule has 2 aromatic rings. The number of hydrogen-bond donors (Lipinski definition) is 2. The number of rotatable bonds is 6. The lowest BCUT2D eigenvalue weighted by Gasteiger charge is -2.08. The van der Waals surface area contributed by atoms with Gasteiger partial charge in [-0.25, -0.2) is 4.39 Å². The molecule has 2 rings (SSSR count). The molecule has 2 aromatic carbocycles. The predicted molar refractivity (Wildman–Crippen MR) is 87.8 cm³/mol. The number of amides is 2. The van der Waals surface area contributed by atoms with Gasteiger partial charge in [0.2, 0.25) is 5.91 Å². The number of halogens is 1. The van der Waals surface area contributed by atoms with E-state index in [0.717, 1.165) is 5.56 Å². The number of hydrogen-bond acceptors (Lipinski definition) is 2. The summed E-state index contributed by atoms with van der Waals surface area (Å²) in [6.45, 7) is 2.21. The van der Waals surface area contributed by atoms with Crippen LogP contribution in [-0.4, -0.2) is 18.4 Å². The Balaban J connectivity index is 1.73. The first kappa shape index (κ1) is 16.7. The number of carbonyl (C=O) groups is 2. The Kier molecular flexibility index (Phi) is 5.86. The van der Waals surface area contributed by atoms with E-state index in [-0.39, 0.29) is 23.9 Å². The van der Waals surface area contributed by atoms with Crippen molar-refractivity contribution in [3.05, 3.63) is 65.5 Å². The second-order valence-electron chi connectivity index (χ2n) is 5.26. The normalized spacial score (nSPS) is 10.2. The Morgan fingerprint density at radius 2 is 1.83 bits per heavy atom. The van der Waals surface area contributed by atoms with E-state index in [2.05, 4.69) is 10.6 Å². The van der Waals surface area contributed by atoms with E-state index < -0.39 is 5.82 Å². The van der Waals surface area contributed by atoms with Crippen molar-refractivity contribution in [3.8, 4) is 0 Å². The van der Waals surface area contributed by atoms with Crippen molar-refractivity contribution in [1.29, 1.82) is 0 Å². The molecule has 0 aromatic heterocycles. The van der Waals surface area contributed by atoms with Gasteiger partial charge < -0.3 is 10.6 Å². The predicted octanol–water partition coefficient (Wildman–Crippen LogP) is 3.28. The van der Waals surface area contributed by atoms with Gasteiger partial charge in [0.1, 0.15) is 5.82 Å². The average Bonchev–Trinajstić information content (AvgIpc) is 2.55. The van der Waals surface area contributed by atoms with Gasteiger partial charge in [0.05, 0.1) is 5.69 Å². The summed E-state index contributed by atoms with van der Waals surface area (Å²) in [6.07, 6.45) is 0.695. The molecular weight excluding hydrogens is 295 g/mol. The number of carbonyl (C=O) groups excluding carboxylic acids is 2. The van der Waals surface area contributed by atoms with Crippen LogP contribution in [0.4, 0.5) is 10.1 Å². The maximum Gasteiger partial charge on any atom is 0.251 e. The van der Waals surface area contributed by atoms with Gasteiger partial charge >= 0.3 is 0 Å². The minimum absolute atomic E-state index is 0.171. The molecule has 0 unspecified atom stereocenters. The Labute approximate surface area is 134 Å². The van der Waals surface area contributed by atoms with E-state index >= 15 is 0 Å². The molecule has 120 valence electrons. The van der Waals surface area contributed by atoms with Gasteiger partial charge in [0.15, 0.2) is 0 Å². The summed E-state index contributed by atoms with van der Waals surface area (Å²) in [4.78, 5) is 23.6. The zero-order valence-corrected chi connectivity index (χ0v) is 12.9. The third-order valence-electron chi connectivity index (χ3n) is 3.30. The molecule has 0 heterocycles. The summed E-state index contributed by atoms with van der Waals surface area (Å²) < 4.78 is 13.5. The lowest BCUT2D eigenvalue weighted by atomic mass is 10.2. The van der Waals surface area contributed by atoms with E-state index in [1.165, 1.54) is 6.07 Å². The van der Waals surface area contributed by atoms with Gasteiger partial charge in [-0.3, -0.25) is 9.59 Å². The molecule has 0 aliphatic heterocycles. The van der Waals surface area contributed by atoms with E-state index in [4.69, 9.17) is 0 Å². The fourth-order valence-corrected chi connectivity index (χ4v) is 2.09. The standard InChI is InChI=1S/C18H19FN2O2/c1-13-9-10-15(19)16(12-13)21-17(22)8-5-11-20-18(23)14-6-3-2-4-7-14/h2-4,6-7,9-10,12H,5,8,11H2,1H3,(H,20,23)(H,21,22). The van der Waals surface area contributed by atoms with E-state index in [9.17, 15) is 14.0 Å². The lowest BCUT2D eigenvalue weighted by molar-refractivity contribution is -0.116. The topological polar surface area (TPSA) is 58.2 Å². The summed E-state index contributed by atoms with van der Waals surface area (Å²) in [7, 11) is 0. The van der Waals surface area contributed by atoms with Crippen molar-refractivity contribution in [1.82, 2.24) is 5.32 Å². The minimum Gasteiger partial charge on any atom is -0.352 e. The molecule has 2 N–H and O–H groups in total. The highest BCUT2D eigenvalue weighted by Gasteiger charge is 2.08.